The van der Waals surface area contributed by atoms with Gasteiger partial charge in [0.1, 0.15) is 0 Å². The molecule has 6 rings (SSSR count). The summed E-state index contributed by atoms with van der Waals surface area (Å²) in [6.07, 6.45) is 7.82. The van der Waals surface area contributed by atoms with Crippen LogP contribution >= 0.6 is 15.6 Å². The molecule has 0 aliphatic rings. The van der Waals surface area contributed by atoms with E-state index < -0.39 is 15.6 Å². The zero-order valence-electron chi connectivity index (χ0n) is 36.6. The first-order valence-corrected chi connectivity index (χ1v) is 22.6. The van der Waals surface area contributed by atoms with E-state index in [0.717, 1.165) is 46.0 Å². The van der Waals surface area contributed by atoms with E-state index in [1.165, 1.54) is 0 Å². The third-order valence-corrected chi connectivity index (χ3v) is 7.81. The molecule has 6 heterocycles. The van der Waals surface area contributed by atoms with Crippen LogP contribution in [0.25, 0.3) is 23.3 Å². The maximum absolute atomic E-state index is 10.7. The number of hydrogen-bond acceptors (Lipinski definition) is 6. The molecule has 0 aromatic carbocycles. The summed E-state index contributed by atoms with van der Waals surface area (Å²) < 4.78 is 126. The molecule has 0 spiro atoms. The number of aromatic nitrogens is 10. The first-order chi connectivity index (χ1) is 27.2. The molecule has 0 amide bonds. The summed E-state index contributed by atoms with van der Waals surface area (Å²) in [6, 6.07) is 19.9. The number of rotatable bonds is 4. The SMILES string of the molecule is CC(C)(C)c1ccn(-c2cccc(-n3ccc(C(C)(C)C)n3)n2)n1.CC(C)(C)c1ccn(-c2cccc(-n3ccc(C(C)(C)C)n3)n2)n1.F[P-](F)(F)(F)(F)F.F[P-](F)(F)(F)(F)F.[Cu+].[Cu+]. The van der Waals surface area contributed by atoms with Gasteiger partial charge >= 0.3 is 100 Å². The minimum absolute atomic E-state index is 0. The second-order valence-electron chi connectivity index (χ2n) is 18.2. The molecule has 6 aromatic heterocycles. The summed E-state index contributed by atoms with van der Waals surface area (Å²) >= 11 is 0. The van der Waals surface area contributed by atoms with Gasteiger partial charge in [-0.05, 0) is 48.5 Å². The van der Waals surface area contributed by atoms with Gasteiger partial charge in [-0.15, -0.1) is 0 Å². The smallest absolute Gasteiger partial charge is 1.00 e. The molecule has 0 saturated heterocycles. The quantitative estimate of drug-likeness (QED) is 0.0991. The van der Waals surface area contributed by atoms with E-state index in [1.807, 2.05) is 104 Å². The van der Waals surface area contributed by atoms with Crippen LogP contribution in [0, 0.1) is 0 Å². The van der Waals surface area contributed by atoms with Gasteiger partial charge in [0, 0.05) is 46.4 Å². The summed E-state index contributed by atoms with van der Waals surface area (Å²) in [5.74, 6) is 3.15. The van der Waals surface area contributed by atoms with Crippen LogP contribution in [0.3, 0.4) is 0 Å². The number of hydrogen-bond donors (Lipinski definition) is 0. The fourth-order valence-corrected chi connectivity index (χ4v) is 4.74. The summed E-state index contributed by atoms with van der Waals surface area (Å²) in [6.45, 7) is 25.8. The van der Waals surface area contributed by atoms with Crippen molar-refractivity contribution in [3.63, 3.8) is 0 Å². The van der Waals surface area contributed by atoms with Gasteiger partial charge in [-0.25, -0.2) is 28.7 Å². The molecule has 6 aromatic rings. The fraction of sp³-hybridized carbons (Fsp3) is 0.421. The first kappa shape index (κ1) is 58.2. The van der Waals surface area contributed by atoms with E-state index >= 15 is 0 Å². The van der Waals surface area contributed by atoms with Crippen molar-refractivity contribution in [1.29, 1.82) is 0 Å². The molecule has 64 heavy (non-hydrogen) atoms. The van der Waals surface area contributed by atoms with Crippen molar-refractivity contribution in [2.75, 3.05) is 0 Å². The Morgan fingerprint density at radius 3 is 0.609 bits per heavy atom. The number of pyridine rings is 2. The molecule has 0 aliphatic heterocycles. The predicted octanol–water partition coefficient (Wildman–Crippen LogP) is 14.9. The van der Waals surface area contributed by atoms with Gasteiger partial charge in [0.15, 0.2) is 23.3 Å². The molecule has 0 radical (unpaired) electrons. The molecule has 0 aliphatic carbocycles. The average Bonchev–Trinajstić information content (AvgIpc) is 3.87. The fourth-order valence-electron chi connectivity index (χ4n) is 4.74. The van der Waals surface area contributed by atoms with Gasteiger partial charge in [0.05, 0.1) is 22.8 Å². The van der Waals surface area contributed by atoms with Crippen molar-refractivity contribution >= 4 is 15.6 Å². The number of nitrogens with zero attached hydrogens (tertiary/aromatic N) is 10. The number of halogens is 12. The van der Waals surface area contributed by atoms with Crippen LogP contribution in [0.15, 0.2) is 85.5 Å². The first-order valence-electron chi connectivity index (χ1n) is 18.5. The standard InChI is InChI=1S/2C19H25N5.2Cu.2F6P/c2*1-18(2,3)14-10-12-23(21-14)16-8-7-9-17(20-16)24-13-11-15(22-24)19(4,5)6;;;2*1-7(2,3,4,5)6/h2*7-13H,1-6H3;;;;/q;;2*+1;2*-1. The summed E-state index contributed by atoms with van der Waals surface area (Å²) in [7, 11) is -21.3. The van der Waals surface area contributed by atoms with E-state index in [-0.39, 0.29) is 55.8 Å². The second kappa shape index (κ2) is 17.8. The van der Waals surface area contributed by atoms with Crippen molar-refractivity contribution < 1.29 is 84.5 Å². The van der Waals surface area contributed by atoms with E-state index in [0.29, 0.717) is 0 Å². The molecule has 10 nitrogen and oxygen atoms in total. The maximum atomic E-state index is 9.87. The van der Waals surface area contributed by atoms with Crippen molar-refractivity contribution in [1.82, 2.24) is 49.1 Å². The third-order valence-electron chi connectivity index (χ3n) is 7.81. The summed E-state index contributed by atoms with van der Waals surface area (Å²) in [5.41, 5.74) is 4.26. The molecule has 26 heteroatoms. The normalized spacial score (nSPS) is 14.5. The molecule has 0 bridgehead atoms. The minimum Gasteiger partial charge on any atom is 1.00 e. The molecular formula is C38H50Cu2F12N10P2. The van der Waals surface area contributed by atoms with E-state index in [1.54, 1.807) is 0 Å². The van der Waals surface area contributed by atoms with Crippen LogP contribution in [0.1, 0.15) is 106 Å². The van der Waals surface area contributed by atoms with Crippen LogP contribution in [0.4, 0.5) is 50.4 Å². The summed E-state index contributed by atoms with van der Waals surface area (Å²) in [4.78, 5) is 9.41. The average molecular weight is 1060 g/mol. The van der Waals surface area contributed by atoms with Gasteiger partial charge in [-0.3, -0.25) is 0 Å². The monoisotopic (exact) mass is 1060 g/mol. The Morgan fingerprint density at radius 1 is 0.328 bits per heavy atom. The van der Waals surface area contributed by atoms with Crippen LogP contribution in [0.5, 0.6) is 0 Å². The molecule has 0 atom stereocenters. The van der Waals surface area contributed by atoms with Gasteiger partial charge in [0.25, 0.3) is 0 Å². The van der Waals surface area contributed by atoms with Crippen molar-refractivity contribution in [3.05, 3.63) is 108 Å². The Labute approximate surface area is 384 Å². The van der Waals surface area contributed by atoms with Crippen molar-refractivity contribution in [2.45, 2.75) is 105 Å². The van der Waals surface area contributed by atoms with Crippen LogP contribution in [-0.4, -0.2) is 49.1 Å². The van der Waals surface area contributed by atoms with Gasteiger partial charge in [0.2, 0.25) is 0 Å². The minimum atomic E-state index is -10.7. The van der Waals surface area contributed by atoms with E-state index in [9.17, 15) is 50.4 Å². The Morgan fingerprint density at radius 2 is 0.484 bits per heavy atom. The Hall–Kier alpha value is -3.80. The maximum Gasteiger partial charge on any atom is 1.00 e. The largest absolute Gasteiger partial charge is 1.00 e. The molecule has 0 N–H and O–H groups in total. The zero-order chi connectivity index (χ0) is 47.9. The predicted molar refractivity (Wildman–Crippen MR) is 219 cm³/mol. The third kappa shape index (κ3) is 22.4. The topological polar surface area (TPSA) is 97.1 Å². The van der Waals surface area contributed by atoms with E-state index in [2.05, 4.69) is 103 Å². The molecule has 0 fully saturated rings. The van der Waals surface area contributed by atoms with Crippen LogP contribution < -0.4 is 0 Å². The van der Waals surface area contributed by atoms with Crippen LogP contribution in [0.2, 0.25) is 0 Å². The molecule has 368 valence electrons. The van der Waals surface area contributed by atoms with E-state index in [4.69, 9.17) is 9.97 Å². The molecular weight excluding hydrogens is 1010 g/mol. The summed E-state index contributed by atoms with van der Waals surface area (Å²) in [5, 5.41) is 18.6. The Balaban J connectivity index is 0.000000483. The van der Waals surface area contributed by atoms with Crippen molar-refractivity contribution in [3.8, 4) is 23.3 Å². The van der Waals surface area contributed by atoms with Crippen LogP contribution in [-0.2, 0) is 55.8 Å². The molecule has 0 saturated carbocycles. The Bertz CT molecular complexity index is 2140. The molecule has 0 unspecified atom stereocenters. The van der Waals surface area contributed by atoms with Gasteiger partial charge < -0.3 is 0 Å². The second-order valence-corrected chi connectivity index (χ2v) is 22.0. The van der Waals surface area contributed by atoms with Crippen molar-refractivity contribution in [2.24, 2.45) is 0 Å². The van der Waals surface area contributed by atoms with Gasteiger partial charge in [-0.1, -0.05) is 95.2 Å². The Kier molecular flexibility index (Phi) is 16.2. The zero-order valence-corrected chi connectivity index (χ0v) is 40.3. The van der Waals surface area contributed by atoms with Gasteiger partial charge in [-0.2, -0.15) is 20.4 Å².